The molecule has 122 valence electrons. The number of ether oxygens (including phenoxy) is 1. The number of aliphatic carboxylic acids is 1. The Morgan fingerprint density at radius 2 is 2.09 bits per heavy atom. The predicted molar refractivity (Wildman–Crippen MR) is 88.2 cm³/mol. The number of hydrogen-bond donors (Lipinski definition) is 1. The number of ketones is 1. The van der Waals surface area contributed by atoms with E-state index in [4.69, 9.17) is 33.0 Å². The van der Waals surface area contributed by atoms with Gasteiger partial charge in [0.05, 0.1) is 5.02 Å². The van der Waals surface area contributed by atoms with Gasteiger partial charge in [-0.05, 0) is 36.1 Å². The molecule has 0 aliphatic heterocycles. The second-order valence-corrected chi connectivity index (χ2v) is 6.88. The van der Waals surface area contributed by atoms with Crippen LogP contribution in [-0.2, 0) is 16.0 Å². The maximum absolute atomic E-state index is 11.9. The molecule has 2 aliphatic carbocycles. The average molecular weight is 355 g/mol. The molecule has 1 atom stereocenters. The van der Waals surface area contributed by atoms with Crippen molar-refractivity contribution in [2.24, 2.45) is 5.41 Å². The number of carbonyl (C=O) groups is 2. The van der Waals surface area contributed by atoms with Crippen LogP contribution < -0.4 is 4.74 Å². The Balaban J connectivity index is 2.07. The number of carbonyl (C=O) groups excluding carboxylic acids is 1. The summed E-state index contributed by atoms with van der Waals surface area (Å²) < 4.78 is 5.24. The molecule has 0 spiro atoms. The minimum Gasteiger partial charge on any atom is -0.480 e. The van der Waals surface area contributed by atoms with Crippen molar-refractivity contribution in [3.63, 3.8) is 0 Å². The molecular formula is C17H16Cl2O4. The first-order valence-electron chi connectivity index (χ1n) is 7.49. The van der Waals surface area contributed by atoms with Gasteiger partial charge in [-0.3, -0.25) is 4.79 Å². The smallest absolute Gasteiger partial charge is 0.341 e. The van der Waals surface area contributed by atoms with Crippen LogP contribution in [0.5, 0.6) is 5.75 Å². The van der Waals surface area contributed by atoms with Crippen LogP contribution in [-0.4, -0.2) is 23.5 Å². The zero-order chi connectivity index (χ0) is 16.8. The lowest BCUT2D eigenvalue weighted by atomic mass is 9.77. The first kappa shape index (κ1) is 16.3. The molecular weight excluding hydrogens is 339 g/mol. The van der Waals surface area contributed by atoms with Gasteiger partial charge in [0.15, 0.2) is 12.4 Å². The van der Waals surface area contributed by atoms with Crippen molar-refractivity contribution in [3.8, 4) is 5.75 Å². The second kappa shape index (κ2) is 5.84. The van der Waals surface area contributed by atoms with Gasteiger partial charge in [-0.25, -0.2) is 4.79 Å². The molecule has 0 heterocycles. The van der Waals surface area contributed by atoms with E-state index in [1.807, 2.05) is 0 Å². The van der Waals surface area contributed by atoms with Crippen LogP contribution in [0.15, 0.2) is 12.1 Å². The van der Waals surface area contributed by atoms with E-state index < -0.39 is 12.6 Å². The SMILES string of the molecule is CCCC12CC(=O)C=C1c1c(cc(OCC(=O)O)c(Cl)c1Cl)C2. The number of carboxylic acids is 1. The lowest BCUT2D eigenvalue weighted by Gasteiger charge is -2.25. The van der Waals surface area contributed by atoms with E-state index in [1.54, 1.807) is 12.1 Å². The summed E-state index contributed by atoms with van der Waals surface area (Å²) in [6.07, 6.45) is 4.74. The molecule has 1 unspecified atom stereocenters. The number of rotatable bonds is 5. The van der Waals surface area contributed by atoms with Crippen LogP contribution in [0, 0.1) is 5.41 Å². The molecule has 0 radical (unpaired) electrons. The van der Waals surface area contributed by atoms with Gasteiger partial charge in [0, 0.05) is 17.4 Å². The van der Waals surface area contributed by atoms with Gasteiger partial charge < -0.3 is 9.84 Å². The van der Waals surface area contributed by atoms with E-state index >= 15 is 0 Å². The van der Waals surface area contributed by atoms with Crippen molar-refractivity contribution in [2.45, 2.75) is 32.6 Å². The van der Waals surface area contributed by atoms with Crippen LogP contribution in [0.2, 0.25) is 10.0 Å². The molecule has 0 amide bonds. The van der Waals surface area contributed by atoms with Gasteiger partial charge in [-0.2, -0.15) is 0 Å². The van der Waals surface area contributed by atoms with Crippen molar-refractivity contribution in [1.82, 2.24) is 0 Å². The monoisotopic (exact) mass is 354 g/mol. The van der Waals surface area contributed by atoms with Gasteiger partial charge >= 0.3 is 5.97 Å². The number of halogens is 2. The largest absolute Gasteiger partial charge is 0.480 e. The lowest BCUT2D eigenvalue weighted by Crippen LogP contribution is -2.18. The third-order valence-corrected chi connectivity index (χ3v) is 5.37. The summed E-state index contributed by atoms with van der Waals surface area (Å²) in [5, 5.41) is 9.28. The lowest BCUT2D eigenvalue weighted by molar-refractivity contribution is -0.139. The summed E-state index contributed by atoms with van der Waals surface area (Å²) in [5.41, 5.74) is 2.55. The second-order valence-electron chi connectivity index (χ2n) is 6.13. The molecule has 0 saturated carbocycles. The Labute approximate surface area is 144 Å². The zero-order valence-corrected chi connectivity index (χ0v) is 14.1. The van der Waals surface area contributed by atoms with E-state index in [0.717, 1.165) is 29.5 Å². The summed E-state index contributed by atoms with van der Waals surface area (Å²) in [6, 6.07) is 1.76. The topological polar surface area (TPSA) is 63.6 Å². The molecule has 4 nitrogen and oxygen atoms in total. The van der Waals surface area contributed by atoms with Gasteiger partial charge in [0.2, 0.25) is 0 Å². The van der Waals surface area contributed by atoms with Crippen LogP contribution in [0.3, 0.4) is 0 Å². The molecule has 0 aromatic heterocycles. The molecule has 1 N–H and O–H groups in total. The van der Waals surface area contributed by atoms with Crippen molar-refractivity contribution >= 4 is 40.5 Å². The van der Waals surface area contributed by atoms with E-state index in [9.17, 15) is 9.59 Å². The van der Waals surface area contributed by atoms with Crippen LogP contribution >= 0.6 is 23.2 Å². The maximum Gasteiger partial charge on any atom is 0.341 e. The Hall–Kier alpha value is -1.52. The zero-order valence-electron chi connectivity index (χ0n) is 12.6. The molecule has 0 bridgehead atoms. The molecule has 1 aromatic carbocycles. The van der Waals surface area contributed by atoms with Crippen LogP contribution in [0.4, 0.5) is 0 Å². The number of benzene rings is 1. The Kier molecular flexibility index (Phi) is 4.15. The number of carboxylic acid groups (broad SMARTS) is 1. The van der Waals surface area contributed by atoms with E-state index in [2.05, 4.69) is 6.92 Å². The molecule has 3 rings (SSSR count). The first-order valence-corrected chi connectivity index (χ1v) is 8.24. The van der Waals surface area contributed by atoms with E-state index in [0.29, 0.717) is 17.9 Å². The van der Waals surface area contributed by atoms with Crippen molar-refractivity contribution in [1.29, 1.82) is 0 Å². The fraction of sp³-hybridized carbons (Fsp3) is 0.412. The minimum atomic E-state index is -1.08. The van der Waals surface area contributed by atoms with Crippen molar-refractivity contribution in [3.05, 3.63) is 33.3 Å². The molecule has 0 fully saturated rings. The summed E-state index contributed by atoms with van der Waals surface area (Å²) in [7, 11) is 0. The van der Waals surface area contributed by atoms with Crippen LogP contribution in [0.1, 0.15) is 37.3 Å². The Morgan fingerprint density at radius 3 is 2.74 bits per heavy atom. The highest BCUT2D eigenvalue weighted by Crippen LogP contribution is 2.58. The minimum absolute atomic E-state index is 0.123. The Bertz CT molecular complexity index is 739. The van der Waals surface area contributed by atoms with E-state index in [-0.39, 0.29) is 22.0 Å². The maximum atomic E-state index is 11.9. The molecule has 1 aromatic rings. The third kappa shape index (κ3) is 2.64. The quantitative estimate of drug-likeness (QED) is 0.862. The molecule has 6 heteroatoms. The van der Waals surface area contributed by atoms with Crippen LogP contribution in [0.25, 0.3) is 5.57 Å². The van der Waals surface area contributed by atoms with Gasteiger partial charge in [-0.15, -0.1) is 0 Å². The fourth-order valence-electron chi connectivity index (χ4n) is 3.77. The Morgan fingerprint density at radius 1 is 1.35 bits per heavy atom. The summed E-state index contributed by atoms with van der Waals surface area (Å²) in [4.78, 5) is 22.6. The van der Waals surface area contributed by atoms with Gasteiger partial charge in [-0.1, -0.05) is 36.5 Å². The van der Waals surface area contributed by atoms with Gasteiger partial charge in [0.25, 0.3) is 0 Å². The normalized spacial score (nSPS) is 21.9. The van der Waals surface area contributed by atoms with Crippen molar-refractivity contribution < 1.29 is 19.4 Å². The summed E-state index contributed by atoms with van der Waals surface area (Å²) in [6.45, 7) is 1.62. The molecule has 0 saturated heterocycles. The predicted octanol–water partition coefficient (Wildman–Crippen LogP) is 4.16. The number of allylic oxidation sites excluding steroid dienone is 2. The average Bonchev–Trinajstić information content (AvgIpc) is 2.91. The molecule has 2 aliphatic rings. The highest BCUT2D eigenvalue weighted by Gasteiger charge is 2.47. The number of hydrogen-bond acceptors (Lipinski definition) is 3. The summed E-state index contributed by atoms with van der Waals surface area (Å²) in [5.74, 6) is -0.681. The number of fused-ring (bicyclic) bond motifs is 3. The van der Waals surface area contributed by atoms with E-state index in [1.165, 1.54) is 0 Å². The standard InChI is InChI=1S/C17H16Cl2O4/c1-2-3-17-6-9-4-12(23-8-13(21)22)15(18)16(19)14(9)11(17)5-10(20)7-17/h4-5H,2-3,6-8H2,1H3,(H,21,22). The third-order valence-electron chi connectivity index (χ3n) is 4.52. The summed E-state index contributed by atoms with van der Waals surface area (Å²) >= 11 is 12.7. The highest BCUT2D eigenvalue weighted by atomic mass is 35.5. The van der Waals surface area contributed by atoms with Gasteiger partial charge in [0.1, 0.15) is 10.8 Å². The molecule has 23 heavy (non-hydrogen) atoms. The fourth-order valence-corrected chi connectivity index (χ4v) is 4.29. The highest BCUT2D eigenvalue weighted by molar-refractivity contribution is 6.44. The first-order chi connectivity index (χ1) is 10.9. The van der Waals surface area contributed by atoms with Crippen molar-refractivity contribution in [2.75, 3.05) is 6.61 Å².